The van der Waals surface area contributed by atoms with Crippen molar-refractivity contribution in [3.05, 3.63) is 51.6 Å². The lowest BCUT2D eigenvalue weighted by molar-refractivity contribution is -0.249. The molecule has 34 heteroatoms. The van der Waals surface area contributed by atoms with Crippen LogP contribution in [-0.2, 0) is 59.0 Å². The van der Waals surface area contributed by atoms with Crippen molar-refractivity contribution < 1.29 is 97.6 Å². The van der Waals surface area contributed by atoms with Crippen molar-refractivity contribution in [2.75, 3.05) is 33.4 Å². The fourth-order valence-corrected chi connectivity index (χ4v) is 10.3. The number of Topliss-reactive ketones (excluding diaryl/α,β-unsaturated/α-hetero) is 1. The van der Waals surface area contributed by atoms with E-state index in [0.29, 0.717) is 0 Å². The predicted molar refractivity (Wildman–Crippen MR) is 310 cm³/mol. The molecule has 5 rings (SSSR count). The average molecular weight is 1260 g/mol. The molecule has 1 saturated heterocycles. The van der Waals surface area contributed by atoms with Gasteiger partial charge in [-0.05, 0) is 58.9 Å². The van der Waals surface area contributed by atoms with E-state index in [9.17, 15) is 83.4 Å². The second kappa shape index (κ2) is 31.2. The van der Waals surface area contributed by atoms with Gasteiger partial charge in [0.25, 0.3) is 0 Å². The van der Waals surface area contributed by atoms with Crippen molar-refractivity contribution >= 4 is 76.5 Å². The van der Waals surface area contributed by atoms with Crippen molar-refractivity contribution in [3.8, 4) is 17.2 Å². The number of nitrogens with zero attached hydrogens (tertiary/aromatic N) is 2. The number of rotatable bonds is 30. The van der Waals surface area contributed by atoms with Crippen LogP contribution in [0.5, 0.6) is 17.2 Å². The van der Waals surface area contributed by atoms with E-state index in [-0.39, 0.29) is 78.7 Å². The van der Waals surface area contributed by atoms with Crippen LogP contribution >= 0.6 is 0 Å². The molecule has 2 aromatic carbocycles. The number of phenols is 2. The SMILES string of the molecule is COc1cccc2c1C(=O)c1c(O)c3c(c(O)c1C2=O)C[C@@](O)(C(=O)CO)C[C@@H]3OC1CC(NC(=O)[C@H](C)NC(=O)[C@H](C)NC(=O)[C@H](CCCN=C(N)N)NC(=O)[C@H](CO)NC(=O)[C@H](CCC(N)=O)NC(=O)[C@H](CCCN=C(N)N)NC(C)=O)C(O)C(C)O1. The molecule has 2 aromatic rings. The zero-order valence-electron chi connectivity index (χ0n) is 49.5. The Morgan fingerprint density at radius 3 is 1.80 bits per heavy atom. The number of hydrogen-bond donors (Lipinski definition) is 18. The number of carbonyl (C=O) groups excluding carboxylic acids is 11. The van der Waals surface area contributed by atoms with Crippen LogP contribution in [0.3, 0.4) is 0 Å². The number of aromatic hydroxyl groups is 2. The third kappa shape index (κ3) is 17.8. The monoisotopic (exact) mass is 1250 g/mol. The van der Waals surface area contributed by atoms with Crippen molar-refractivity contribution in [3.63, 3.8) is 0 Å². The lowest BCUT2D eigenvalue weighted by Crippen LogP contribution is -2.60. The van der Waals surface area contributed by atoms with Gasteiger partial charge in [0.15, 0.2) is 29.8 Å². The van der Waals surface area contributed by atoms with Crippen LogP contribution in [0.25, 0.3) is 0 Å². The summed E-state index contributed by atoms with van der Waals surface area (Å²) in [6, 6.07) is -6.05. The maximum atomic E-state index is 14.1. The molecule has 3 aliphatic rings. The minimum atomic E-state index is -2.48. The third-order valence-corrected chi connectivity index (χ3v) is 14.9. The quantitative estimate of drug-likeness (QED) is 0.0128. The predicted octanol–water partition coefficient (Wildman–Crippen LogP) is -6.51. The molecule has 0 radical (unpaired) electrons. The molecule has 0 saturated carbocycles. The number of aliphatic hydroxyl groups excluding tert-OH is 3. The summed E-state index contributed by atoms with van der Waals surface area (Å²) in [4.78, 5) is 155. The molecule has 1 fully saturated rings. The molecule has 1 heterocycles. The number of fused-ring (bicyclic) bond motifs is 3. The Morgan fingerprint density at radius 1 is 0.719 bits per heavy atom. The standard InChI is InChI=1S/C55H78N14O20/c1-22(64-49(82)29(11-8-16-62-54(59)60)66-52(85)32(20-70)69-51(84)30(13-14-36(56)74)67-50(83)28(65-25(4)72)10-7-15-61-53(57)58)47(80)63-23(2)48(81)68-31-17-37(88-24(3)42(31)75)89-34-19-55(86,35(73)21-71)18-27-39(34)46(79)41-40(44(27)77)43(76)26-9-6-12-33(87-5)38(26)45(41)78/h6,9,12,22-24,28-32,34,37,42,70-71,75,77,79,86H,7-8,10-11,13-21H2,1-5H3,(H2,56,74)(H,63,80)(H,64,82)(H,65,72)(H,66,85)(H,67,83)(H,68,81)(H,69,84)(H4,57,58,61)(H4,59,60,62)/t22-,23-,24?,28-,29-,30-,31?,32-,34-,37?,42?,55-/m0/s1. The van der Waals surface area contributed by atoms with Gasteiger partial charge in [-0.2, -0.15) is 0 Å². The van der Waals surface area contributed by atoms with Crippen LogP contribution in [0.15, 0.2) is 28.2 Å². The zero-order chi connectivity index (χ0) is 66.4. The molecular formula is C55H78N14O20. The van der Waals surface area contributed by atoms with Crippen molar-refractivity contribution in [1.82, 2.24) is 37.2 Å². The normalized spacial score (nSPS) is 21.2. The van der Waals surface area contributed by atoms with Crippen LogP contribution in [0, 0.1) is 0 Å². The second-order valence-electron chi connectivity index (χ2n) is 21.6. The minimum absolute atomic E-state index is 0.000724. The van der Waals surface area contributed by atoms with E-state index in [0.717, 1.165) is 6.92 Å². The van der Waals surface area contributed by atoms with Gasteiger partial charge in [-0.1, -0.05) is 12.1 Å². The highest BCUT2D eigenvalue weighted by Gasteiger charge is 2.51. The highest BCUT2D eigenvalue weighted by Crippen LogP contribution is 2.52. The number of aliphatic hydroxyl groups is 4. The Bertz CT molecular complexity index is 3120. The number of amides is 8. The van der Waals surface area contributed by atoms with E-state index in [1.165, 1.54) is 46.1 Å². The lowest BCUT2D eigenvalue weighted by Gasteiger charge is -2.43. The molecule has 488 valence electrons. The van der Waals surface area contributed by atoms with Gasteiger partial charge in [0, 0.05) is 62.4 Å². The average Bonchev–Trinajstić information content (AvgIpc) is 0.762. The van der Waals surface area contributed by atoms with Gasteiger partial charge in [0.05, 0.1) is 48.7 Å². The number of ketones is 3. The maximum absolute atomic E-state index is 14.1. The largest absolute Gasteiger partial charge is 0.507 e. The zero-order valence-corrected chi connectivity index (χ0v) is 49.5. The van der Waals surface area contributed by atoms with Crippen LogP contribution in [0.1, 0.15) is 128 Å². The first kappa shape index (κ1) is 70.7. The Balaban J connectivity index is 1.27. The minimum Gasteiger partial charge on any atom is -0.507 e. The van der Waals surface area contributed by atoms with Gasteiger partial charge in [0.1, 0.15) is 71.8 Å². The number of guanidine groups is 2. The van der Waals surface area contributed by atoms with E-state index >= 15 is 0 Å². The van der Waals surface area contributed by atoms with Crippen molar-refractivity contribution in [1.29, 1.82) is 0 Å². The molecule has 8 amide bonds. The summed E-state index contributed by atoms with van der Waals surface area (Å²) in [7, 11) is 1.25. The fraction of sp³-hybridized carbons (Fsp3) is 0.545. The number of nitrogens with one attached hydrogen (secondary N) is 7. The van der Waals surface area contributed by atoms with Crippen molar-refractivity contribution in [2.45, 2.75) is 158 Å². The first-order chi connectivity index (χ1) is 41.9. The molecule has 1 aliphatic heterocycles. The van der Waals surface area contributed by atoms with Gasteiger partial charge in [-0.3, -0.25) is 62.7 Å². The number of benzene rings is 2. The molecule has 23 N–H and O–H groups in total. The van der Waals surface area contributed by atoms with E-state index in [2.05, 4.69) is 47.2 Å². The summed E-state index contributed by atoms with van der Waals surface area (Å²) in [5.74, 6) is -12.5. The molecule has 12 atom stereocenters. The first-order valence-corrected chi connectivity index (χ1v) is 28.2. The van der Waals surface area contributed by atoms with Crippen LogP contribution in [0.2, 0.25) is 0 Å². The number of methoxy groups -OCH3 is 1. The fourth-order valence-electron chi connectivity index (χ4n) is 10.3. The smallest absolute Gasteiger partial charge is 0.245 e. The van der Waals surface area contributed by atoms with E-state index in [4.69, 9.17) is 42.9 Å². The molecule has 0 bridgehead atoms. The summed E-state index contributed by atoms with van der Waals surface area (Å²) in [5, 5.41) is 83.8. The molecule has 0 spiro atoms. The van der Waals surface area contributed by atoms with Gasteiger partial charge < -0.3 is 111 Å². The second-order valence-corrected chi connectivity index (χ2v) is 21.6. The summed E-state index contributed by atoms with van der Waals surface area (Å²) < 4.78 is 17.5. The molecule has 0 aromatic heterocycles. The van der Waals surface area contributed by atoms with E-state index in [1.807, 2.05) is 0 Å². The summed E-state index contributed by atoms with van der Waals surface area (Å²) in [6.45, 7) is 2.82. The number of aliphatic imine (C=N–C) groups is 2. The first-order valence-electron chi connectivity index (χ1n) is 28.2. The lowest BCUT2D eigenvalue weighted by atomic mass is 9.72. The Kier molecular flexibility index (Phi) is 24.8. The number of nitrogens with two attached hydrogens (primary N) is 5. The Labute approximate surface area is 508 Å². The van der Waals surface area contributed by atoms with Gasteiger partial charge in [0.2, 0.25) is 53.0 Å². The highest BCUT2D eigenvalue weighted by atomic mass is 16.7. The van der Waals surface area contributed by atoms with Crippen molar-refractivity contribution in [2.24, 2.45) is 38.7 Å². The van der Waals surface area contributed by atoms with Crippen LogP contribution < -0.4 is 70.6 Å². The highest BCUT2D eigenvalue weighted by molar-refractivity contribution is 6.31. The Morgan fingerprint density at radius 2 is 1.25 bits per heavy atom. The third-order valence-electron chi connectivity index (χ3n) is 14.9. The topological polar surface area (TPSA) is 576 Å². The summed E-state index contributed by atoms with van der Waals surface area (Å²) in [5.41, 5.74) is 22.1. The molecule has 89 heavy (non-hydrogen) atoms. The van der Waals surface area contributed by atoms with E-state index < -0.39 is 205 Å². The Hall–Kier alpha value is -9.09. The van der Waals surface area contributed by atoms with Crippen LogP contribution in [0.4, 0.5) is 0 Å². The number of phenolic OH excluding ortho intramolecular Hbond substituents is 2. The molecular weight excluding hydrogens is 1180 g/mol. The number of ether oxygens (including phenoxy) is 3. The van der Waals surface area contributed by atoms with Crippen LogP contribution in [-0.4, -0.2) is 207 Å². The summed E-state index contributed by atoms with van der Waals surface area (Å²) >= 11 is 0. The number of carbonyl (C=O) groups is 11. The van der Waals surface area contributed by atoms with Gasteiger partial charge >= 0.3 is 0 Å². The number of primary amides is 1. The van der Waals surface area contributed by atoms with Gasteiger partial charge in [-0.25, -0.2) is 0 Å². The maximum Gasteiger partial charge on any atom is 0.245 e. The molecule has 34 nitrogen and oxygen atoms in total. The van der Waals surface area contributed by atoms with Gasteiger partial charge in [-0.15, -0.1) is 0 Å². The molecule has 2 aliphatic carbocycles. The number of hydrogen-bond acceptors (Lipinski definition) is 22. The molecule has 4 unspecified atom stereocenters. The summed E-state index contributed by atoms with van der Waals surface area (Å²) in [6.07, 6.45) is -8.35. The van der Waals surface area contributed by atoms with E-state index in [1.54, 1.807) is 0 Å².